The van der Waals surface area contributed by atoms with Crippen molar-refractivity contribution in [3.05, 3.63) is 146 Å². The lowest BCUT2D eigenvalue weighted by molar-refractivity contribution is 0.615. The van der Waals surface area contributed by atoms with Gasteiger partial charge >= 0.3 is 0 Å². The van der Waals surface area contributed by atoms with E-state index in [2.05, 4.69) is 127 Å². The fourth-order valence-electron chi connectivity index (χ4n) is 6.69. The van der Waals surface area contributed by atoms with E-state index in [-0.39, 0.29) is 0 Å². The Hall–Kier alpha value is -5.60. The number of hydrogen-bond donors (Lipinski definition) is 0. The normalized spacial score (nSPS) is 11.8. The Kier molecular flexibility index (Phi) is 4.93. The van der Waals surface area contributed by atoms with Crippen LogP contribution in [-0.2, 0) is 0 Å². The Morgan fingerprint density at radius 2 is 0.905 bits per heavy atom. The summed E-state index contributed by atoms with van der Waals surface area (Å²) in [7, 11) is 0. The van der Waals surface area contributed by atoms with Crippen LogP contribution in [0.15, 0.2) is 155 Å². The molecule has 2 aromatic heterocycles. The van der Waals surface area contributed by atoms with E-state index in [1.165, 1.54) is 49.4 Å². The second-order valence-electron chi connectivity index (χ2n) is 10.8. The first-order chi connectivity index (χ1) is 20.8. The fourth-order valence-corrected chi connectivity index (χ4v) is 6.69. The summed E-state index contributed by atoms with van der Waals surface area (Å²) >= 11 is 0. The molecule has 0 radical (unpaired) electrons. The molecule has 0 aliphatic carbocycles. The minimum Gasteiger partial charge on any atom is -0.464 e. The van der Waals surface area contributed by atoms with Crippen molar-refractivity contribution in [3.8, 4) is 33.4 Å². The third-order valence-electron chi connectivity index (χ3n) is 8.58. The molecule has 7 aromatic carbocycles. The third kappa shape index (κ3) is 3.33. The van der Waals surface area contributed by atoms with Gasteiger partial charge in [0.1, 0.15) is 16.7 Å². The number of furan rings is 2. The summed E-state index contributed by atoms with van der Waals surface area (Å²) in [6.45, 7) is 0. The van der Waals surface area contributed by atoms with Crippen LogP contribution in [0.25, 0.3) is 87.8 Å². The molecule has 9 rings (SSSR count). The molecule has 0 N–H and O–H groups in total. The zero-order valence-electron chi connectivity index (χ0n) is 22.7. The number of para-hydroxylation sites is 1. The second-order valence-corrected chi connectivity index (χ2v) is 10.8. The number of benzene rings is 7. The van der Waals surface area contributed by atoms with Crippen molar-refractivity contribution in [1.29, 1.82) is 0 Å². The van der Waals surface area contributed by atoms with Gasteiger partial charge in [-0.25, -0.2) is 0 Å². The molecule has 0 atom stereocenters. The predicted octanol–water partition coefficient (Wildman–Crippen LogP) is 11.6. The SMILES string of the molecule is c1ccc(-c2ccc(-c3c4ccccc4c(-c4cccc5c4oc4c6ccoc6ccc54)c4ccccc34)cc2)cc1. The molecule has 0 bridgehead atoms. The quantitative estimate of drug-likeness (QED) is 0.210. The highest BCUT2D eigenvalue weighted by Crippen LogP contribution is 2.47. The molecule has 0 amide bonds. The highest BCUT2D eigenvalue weighted by Gasteiger charge is 2.21. The highest BCUT2D eigenvalue weighted by atomic mass is 16.3. The summed E-state index contributed by atoms with van der Waals surface area (Å²) in [5.74, 6) is 0. The summed E-state index contributed by atoms with van der Waals surface area (Å²) in [6.07, 6.45) is 1.73. The molecule has 0 aliphatic heterocycles. The van der Waals surface area contributed by atoms with E-state index in [9.17, 15) is 0 Å². The van der Waals surface area contributed by atoms with Crippen LogP contribution in [-0.4, -0.2) is 0 Å². The van der Waals surface area contributed by atoms with Crippen molar-refractivity contribution < 1.29 is 8.83 Å². The van der Waals surface area contributed by atoms with Crippen molar-refractivity contribution in [2.75, 3.05) is 0 Å². The Balaban J connectivity index is 1.35. The van der Waals surface area contributed by atoms with E-state index in [0.29, 0.717) is 0 Å². The first kappa shape index (κ1) is 23.1. The summed E-state index contributed by atoms with van der Waals surface area (Å²) in [6, 6.07) is 49.7. The Bertz CT molecular complexity index is 2380. The van der Waals surface area contributed by atoms with Crippen molar-refractivity contribution in [3.63, 3.8) is 0 Å². The molecule has 0 saturated heterocycles. The van der Waals surface area contributed by atoms with Crippen LogP contribution in [0, 0.1) is 0 Å². The van der Waals surface area contributed by atoms with Gasteiger partial charge in [-0.2, -0.15) is 0 Å². The van der Waals surface area contributed by atoms with Crippen LogP contribution in [0.2, 0.25) is 0 Å². The van der Waals surface area contributed by atoms with Crippen molar-refractivity contribution in [2.24, 2.45) is 0 Å². The molecule has 2 heteroatoms. The van der Waals surface area contributed by atoms with Crippen LogP contribution < -0.4 is 0 Å². The summed E-state index contributed by atoms with van der Waals surface area (Å²) < 4.78 is 12.4. The van der Waals surface area contributed by atoms with Gasteiger partial charge < -0.3 is 8.83 Å². The highest BCUT2D eigenvalue weighted by molar-refractivity contribution is 6.25. The van der Waals surface area contributed by atoms with Gasteiger partial charge in [0.25, 0.3) is 0 Å². The lowest BCUT2D eigenvalue weighted by atomic mass is 9.85. The van der Waals surface area contributed by atoms with Crippen LogP contribution in [0.4, 0.5) is 0 Å². The van der Waals surface area contributed by atoms with E-state index in [0.717, 1.165) is 38.5 Å². The molecule has 0 spiro atoms. The maximum absolute atomic E-state index is 6.72. The van der Waals surface area contributed by atoms with Gasteiger partial charge in [-0.1, -0.05) is 121 Å². The molecular formula is C40H24O2. The smallest absolute Gasteiger partial charge is 0.146 e. The van der Waals surface area contributed by atoms with E-state index in [4.69, 9.17) is 8.83 Å². The van der Waals surface area contributed by atoms with E-state index < -0.39 is 0 Å². The maximum atomic E-state index is 6.72. The van der Waals surface area contributed by atoms with Gasteiger partial charge in [0.15, 0.2) is 0 Å². The van der Waals surface area contributed by atoms with Crippen molar-refractivity contribution >= 4 is 54.5 Å². The second kappa shape index (κ2) is 8.95. The average molecular weight is 537 g/mol. The molecule has 0 saturated carbocycles. The maximum Gasteiger partial charge on any atom is 0.146 e. The Labute approximate surface area is 242 Å². The molecule has 42 heavy (non-hydrogen) atoms. The minimum absolute atomic E-state index is 0.835. The molecular weight excluding hydrogens is 512 g/mol. The Morgan fingerprint density at radius 3 is 1.62 bits per heavy atom. The fraction of sp³-hybridized carbons (Fsp3) is 0. The van der Waals surface area contributed by atoms with Gasteiger partial charge in [0, 0.05) is 21.9 Å². The molecule has 2 nitrogen and oxygen atoms in total. The third-order valence-corrected chi connectivity index (χ3v) is 8.58. The predicted molar refractivity (Wildman–Crippen MR) is 175 cm³/mol. The zero-order valence-corrected chi connectivity index (χ0v) is 22.7. The number of fused-ring (bicyclic) bond motifs is 7. The molecule has 0 fully saturated rings. The van der Waals surface area contributed by atoms with E-state index in [1.807, 2.05) is 12.1 Å². The number of rotatable bonds is 3. The van der Waals surface area contributed by atoms with E-state index >= 15 is 0 Å². The first-order valence-corrected chi connectivity index (χ1v) is 14.3. The van der Waals surface area contributed by atoms with Gasteiger partial charge in [-0.3, -0.25) is 0 Å². The molecule has 9 aromatic rings. The Morgan fingerprint density at radius 1 is 0.333 bits per heavy atom. The van der Waals surface area contributed by atoms with Gasteiger partial charge in [-0.05, 0) is 62.0 Å². The van der Waals surface area contributed by atoms with Crippen molar-refractivity contribution in [2.45, 2.75) is 0 Å². The topological polar surface area (TPSA) is 26.3 Å². The van der Waals surface area contributed by atoms with Crippen molar-refractivity contribution in [1.82, 2.24) is 0 Å². The molecule has 0 unspecified atom stereocenters. The summed E-state index contributed by atoms with van der Waals surface area (Å²) in [5.41, 5.74) is 9.79. The summed E-state index contributed by atoms with van der Waals surface area (Å²) in [4.78, 5) is 0. The average Bonchev–Trinajstić information content (AvgIpc) is 3.69. The van der Waals surface area contributed by atoms with Gasteiger partial charge in [0.05, 0.1) is 11.6 Å². The monoisotopic (exact) mass is 536 g/mol. The van der Waals surface area contributed by atoms with Crippen LogP contribution >= 0.6 is 0 Å². The lowest BCUT2D eigenvalue weighted by Crippen LogP contribution is -1.91. The standard InChI is InChI=1S/C40H24O2/c1-2-9-25(10-3-1)26-17-19-27(20-18-26)37-28-11-4-6-13-30(28)38(31-14-7-5-12-29(31)37)35-16-8-15-32-33-21-22-36-34(23-24-41-36)39(33)42-40(32)35/h1-24H. The van der Waals surface area contributed by atoms with Crippen LogP contribution in [0.5, 0.6) is 0 Å². The van der Waals surface area contributed by atoms with Gasteiger partial charge in [0.2, 0.25) is 0 Å². The van der Waals surface area contributed by atoms with E-state index in [1.54, 1.807) is 6.26 Å². The molecule has 196 valence electrons. The molecule has 0 aliphatic rings. The first-order valence-electron chi connectivity index (χ1n) is 14.3. The molecule has 2 heterocycles. The van der Waals surface area contributed by atoms with Crippen LogP contribution in [0.1, 0.15) is 0 Å². The van der Waals surface area contributed by atoms with Gasteiger partial charge in [-0.15, -0.1) is 0 Å². The summed E-state index contributed by atoms with van der Waals surface area (Å²) in [5, 5.41) is 8.08. The zero-order chi connectivity index (χ0) is 27.6. The number of hydrogen-bond acceptors (Lipinski definition) is 2. The lowest BCUT2D eigenvalue weighted by Gasteiger charge is -2.18. The van der Waals surface area contributed by atoms with Crippen LogP contribution in [0.3, 0.4) is 0 Å². The minimum atomic E-state index is 0.835. The largest absolute Gasteiger partial charge is 0.464 e.